The molecule has 0 aliphatic carbocycles. The van der Waals surface area contributed by atoms with Crippen LogP contribution < -0.4 is 10.6 Å². The molecule has 2 rings (SSSR count). The quantitative estimate of drug-likeness (QED) is 0.883. The van der Waals surface area contributed by atoms with Crippen LogP contribution in [-0.2, 0) is 14.6 Å². The van der Waals surface area contributed by atoms with Gasteiger partial charge in [0, 0.05) is 17.6 Å². The molecule has 6 heteroatoms. The molecule has 0 saturated heterocycles. The van der Waals surface area contributed by atoms with Gasteiger partial charge in [0.2, 0.25) is 5.91 Å². The SMILES string of the molecule is Cc1cccc(NCC(=O)Nc2cccc(S(C)(=O)=O)c2)c1C. The largest absolute Gasteiger partial charge is 0.376 e. The van der Waals surface area contributed by atoms with Gasteiger partial charge in [-0.25, -0.2) is 8.42 Å². The lowest BCUT2D eigenvalue weighted by molar-refractivity contribution is -0.114. The average Bonchev–Trinajstić information content (AvgIpc) is 2.48. The Morgan fingerprint density at radius 2 is 1.78 bits per heavy atom. The smallest absolute Gasteiger partial charge is 0.243 e. The van der Waals surface area contributed by atoms with E-state index in [2.05, 4.69) is 10.6 Å². The van der Waals surface area contributed by atoms with Gasteiger partial charge >= 0.3 is 0 Å². The highest BCUT2D eigenvalue weighted by Crippen LogP contribution is 2.18. The minimum Gasteiger partial charge on any atom is -0.376 e. The van der Waals surface area contributed by atoms with Gasteiger partial charge in [0.25, 0.3) is 0 Å². The van der Waals surface area contributed by atoms with E-state index in [4.69, 9.17) is 0 Å². The van der Waals surface area contributed by atoms with Crippen LogP contribution in [0.3, 0.4) is 0 Å². The lowest BCUT2D eigenvalue weighted by Crippen LogP contribution is -2.22. The van der Waals surface area contributed by atoms with Gasteiger partial charge in [-0.05, 0) is 49.2 Å². The number of benzene rings is 2. The molecule has 0 saturated carbocycles. The highest BCUT2D eigenvalue weighted by molar-refractivity contribution is 7.90. The van der Waals surface area contributed by atoms with Gasteiger partial charge in [-0.3, -0.25) is 4.79 Å². The van der Waals surface area contributed by atoms with E-state index < -0.39 is 9.84 Å². The van der Waals surface area contributed by atoms with E-state index in [0.29, 0.717) is 5.69 Å². The maximum absolute atomic E-state index is 12.0. The Morgan fingerprint density at radius 3 is 2.48 bits per heavy atom. The third-order valence-corrected chi connectivity index (χ3v) is 4.70. The molecule has 0 radical (unpaired) electrons. The van der Waals surface area contributed by atoms with Crippen LogP contribution >= 0.6 is 0 Å². The fraction of sp³-hybridized carbons (Fsp3) is 0.235. The third-order valence-electron chi connectivity index (χ3n) is 3.59. The van der Waals surface area contributed by atoms with E-state index in [1.54, 1.807) is 12.1 Å². The van der Waals surface area contributed by atoms with Gasteiger partial charge in [0.05, 0.1) is 11.4 Å². The zero-order chi connectivity index (χ0) is 17.0. The van der Waals surface area contributed by atoms with Gasteiger partial charge in [-0.15, -0.1) is 0 Å². The molecule has 0 aliphatic heterocycles. The first-order chi connectivity index (χ1) is 10.8. The van der Waals surface area contributed by atoms with Crippen molar-refractivity contribution in [2.75, 3.05) is 23.4 Å². The predicted octanol–water partition coefficient (Wildman–Crippen LogP) is 2.76. The summed E-state index contributed by atoms with van der Waals surface area (Å²) >= 11 is 0. The second-order valence-electron chi connectivity index (χ2n) is 5.45. The molecule has 0 bridgehead atoms. The van der Waals surface area contributed by atoms with Gasteiger partial charge in [-0.1, -0.05) is 18.2 Å². The average molecular weight is 332 g/mol. The van der Waals surface area contributed by atoms with Crippen LogP contribution in [0.4, 0.5) is 11.4 Å². The van der Waals surface area contributed by atoms with Gasteiger partial charge in [-0.2, -0.15) is 0 Å². The number of anilines is 2. The van der Waals surface area contributed by atoms with Gasteiger partial charge in [0.1, 0.15) is 0 Å². The van der Waals surface area contributed by atoms with E-state index in [1.807, 2.05) is 32.0 Å². The number of aryl methyl sites for hydroxylation is 1. The molecule has 2 aromatic rings. The molecule has 0 unspecified atom stereocenters. The van der Waals surface area contributed by atoms with Gasteiger partial charge < -0.3 is 10.6 Å². The fourth-order valence-electron chi connectivity index (χ4n) is 2.13. The third kappa shape index (κ3) is 4.56. The zero-order valence-electron chi connectivity index (χ0n) is 13.4. The standard InChI is InChI=1S/C17H20N2O3S/c1-12-6-4-9-16(13(12)2)18-11-17(20)19-14-7-5-8-15(10-14)23(3,21)22/h4-10,18H,11H2,1-3H3,(H,19,20). The Bertz CT molecular complexity index is 829. The number of rotatable bonds is 5. The number of hydrogen-bond acceptors (Lipinski definition) is 4. The van der Waals surface area contributed by atoms with E-state index >= 15 is 0 Å². The summed E-state index contributed by atoms with van der Waals surface area (Å²) in [6.07, 6.45) is 1.13. The normalized spacial score (nSPS) is 11.1. The zero-order valence-corrected chi connectivity index (χ0v) is 14.2. The molecule has 0 spiro atoms. The summed E-state index contributed by atoms with van der Waals surface area (Å²) in [6, 6.07) is 12.1. The Labute approximate surface area is 136 Å². The predicted molar refractivity (Wildman–Crippen MR) is 92.6 cm³/mol. The van der Waals surface area contributed by atoms with Crippen molar-refractivity contribution >= 4 is 27.1 Å². The summed E-state index contributed by atoms with van der Waals surface area (Å²) in [7, 11) is -3.29. The molecule has 1 amide bonds. The van der Waals surface area contributed by atoms with Crippen molar-refractivity contribution in [2.24, 2.45) is 0 Å². The molecule has 0 aliphatic rings. The van der Waals surface area contributed by atoms with Gasteiger partial charge in [0.15, 0.2) is 9.84 Å². The van der Waals surface area contributed by atoms with Crippen LogP contribution in [0.15, 0.2) is 47.4 Å². The van der Waals surface area contributed by atoms with E-state index in [1.165, 1.54) is 12.1 Å². The van der Waals surface area contributed by atoms with E-state index in [0.717, 1.165) is 23.1 Å². The molecular weight excluding hydrogens is 312 g/mol. The maximum Gasteiger partial charge on any atom is 0.243 e. The van der Waals surface area contributed by atoms with Crippen LogP contribution in [0.2, 0.25) is 0 Å². The molecule has 0 aromatic heterocycles. The van der Waals surface area contributed by atoms with Crippen LogP contribution in [0.5, 0.6) is 0 Å². The number of amides is 1. The number of sulfone groups is 1. The summed E-state index contributed by atoms with van der Waals surface area (Å²) in [5.41, 5.74) is 3.61. The fourth-order valence-corrected chi connectivity index (χ4v) is 2.79. The highest BCUT2D eigenvalue weighted by atomic mass is 32.2. The van der Waals surface area contributed by atoms with Crippen LogP contribution in [0.1, 0.15) is 11.1 Å². The number of hydrogen-bond donors (Lipinski definition) is 2. The van der Waals surface area contributed by atoms with Crippen LogP contribution in [0.25, 0.3) is 0 Å². The maximum atomic E-state index is 12.0. The Kier molecular flexibility index (Phi) is 5.05. The molecule has 2 N–H and O–H groups in total. The molecule has 5 nitrogen and oxygen atoms in total. The number of carbonyl (C=O) groups is 1. The summed E-state index contributed by atoms with van der Waals surface area (Å²) in [5.74, 6) is -0.239. The van der Waals surface area contributed by atoms with Crippen molar-refractivity contribution in [3.8, 4) is 0 Å². The Morgan fingerprint density at radius 1 is 1.09 bits per heavy atom. The monoisotopic (exact) mass is 332 g/mol. The molecule has 0 heterocycles. The lowest BCUT2D eigenvalue weighted by atomic mass is 10.1. The first-order valence-electron chi connectivity index (χ1n) is 7.17. The van der Waals surface area contributed by atoms with Crippen molar-refractivity contribution in [2.45, 2.75) is 18.7 Å². The molecular formula is C17H20N2O3S. The van der Waals surface area contributed by atoms with Crippen LogP contribution in [-0.4, -0.2) is 27.1 Å². The van der Waals surface area contributed by atoms with Crippen molar-refractivity contribution in [1.29, 1.82) is 0 Å². The first-order valence-corrected chi connectivity index (χ1v) is 9.06. The van der Waals surface area contributed by atoms with E-state index in [-0.39, 0.29) is 17.3 Å². The van der Waals surface area contributed by atoms with Crippen molar-refractivity contribution in [3.63, 3.8) is 0 Å². The molecule has 122 valence electrons. The summed E-state index contributed by atoms with van der Waals surface area (Å²) in [6.45, 7) is 4.11. The lowest BCUT2D eigenvalue weighted by Gasteiger charge is -2.12. The topological polar surface area (TPSA) is 75.3 Å². The van der Waals surface area contributed by atoms with Crippen molar-refractivity contribution in [3.05, 3.63) is 53.6 Å². The minimum atomic E-state index is -3.29. The van der Waals surface area contributed by atoms with E-state index in [9.17, 15) is 13.2 Å². The number of carbonyl (C=O) groups excluding carboxylic acids is 1. The summed E-state index contributed by atoms with van der Waals surface area (Å²) in [4.78, 5) is 12.2. The second-order valence-corrected chi connectivity index (χ2v) is 7.46. The van der Waals surface area contributed by atoms with Crippen molar-refractivity contribution in [1.82, 2.24) is 0 Å². The molecule has 2 aromatic carbocycles. The molecule has 23 heavy (non-hydrogen) atoms. The Balaban J connectivity index is 2.02. The number of nitrogens with one attached hydrogen (secondary N) is 2. The molecule has 0 fully saturated rings. The second kappa shape index (κ2) is 6.83. The summed E-state index contributed by atoms with van der Waals surface area (Å²) < 4.78 is 23.1. The molecule has 0 atom stereocenters. The Hall–Kier alpha value is -2.34. The van der Waals surface area contributed by atoms with Crippen LogP contribution in [0, 0.1) is 13.8 Å². The van der Waals surface area contributed by atoms with Crippen molar-refractivity contribution < 1.29 is 13.2 Å². The summed E-state index contributed by atoms with van der Waals surface area (Å²) in [5, 5.41) is 5.78. The minimum absolute atomic E-state index is 0.105. The highest BCUT2D eigenvalue weighted by Gasteiger charge is 2.09. The first kappa shape index (κ1) is 17.0.